The molecule has 1 heterocycles. The molecule has 3 rings (SSSR count). The fourth-order valence-corrected chi connectivity index (χ4v) is 4.00. The van der Waals surface area contributed by atoms with Crippen molar-refractivity contribution in [3.63, 3.8) is 0 Å². The smallest absolute Gasteiger partial charge is 0.268 e. The van der Waals surface area contributed by atoms with E-state index >= 15 is 0 Å². The molecule has 0 N–H and O–H groups in total. The van der Waals surface area contributed by atoms with Crippen LogP contribution in [0.4, 0.5) is 5.69 Å². The first-order chi connectivity index (χ1) is 11.5. The second-order valence-electron chi connectivity index (χ2n) is 5.49. The number of hydrogen-bond acceptors (Lipinski definition) is 3. The average molecular weight is 374 g/mol. The van der Waals surface area contributed by atoms with Gasteiger partial charge in [-0.1, -0.05) is 66.8 Å². The summed E-state index contributed by atoms with van der Waals surface area (Å²) in [5, 5.41) is 0.676. The molecule has 0 bridgehead atoms. The van der Waals surface area contributed by atoms with Gasteiger partial charge in [0.2, 0.25) is 0 Å². The van der Waals surface area contributed by atoms with Gasteiger partial charge in [-0.2, -0.15) is 0 Å². The summed E-state index contributed by atoms with van der Waals surface area (Å²) in [4.78, 5) is 15.2. The second-order valence-corrected chi connectivity index (χ2v) is 7.57. The topological polar surface area (TPSA) is 20.3 Å². The van der Waals surface area contributed by atoms with Gasteiger partial charge in [-0.05, 0) is 54.3 Å². The van der Waals surface area contributed by atoms with Gasteiger partial charge in [0, 0.05) is 5.02 Å². The van der Waals surface area contributed by atoms with Gasteiger partial charge in [-0.25, -0.2) is 0 Å². The summed E-state index contributed by atoms with van der Waals surface area (Å²) in [7, 11) is 0. The van der Waals surface area contributed by atoms with Crippen molar-refractivity contribution in [3.05, 3.63) is 69.6 Å². The molecular formula is C19H16ClNOS2. The van der Waals surface area contributed by atoms with Gasteiger partial charge >= 0.3 is 0 Å². The number of anilines is 1. The fourth-order valence-electron chi connectivity index (χ4n) is 2.53. The molecule has 122 valence electrons. The zero-order valence-electron chi connectivity index (χ0n) is 13.4. The number of carbonyl (C=O) groups is 1. The number of hydrogen-bond donors (Lipinski definition) is 0. The van der Waals surface area contributed by atoms with Crippen LogP contribution in [0.1, 0.15) is 25.0 Å². The Morgan fingerprint density at radius 1 is 1.12 bits per heavy atom. The summed E-state index contributed by atoms with van der Waals surface area (Å²) in [6.45, 7) is 4.04. The molecule has 1 aliphatic heterocycles. The van der Waals surface area contributed by atoms with E-state index in [1.165, 1.54) is 17.3 Å². The molecule has 2 nitrogen and oxygen atoms in total. The van der Waals surface area contributed by atoms with E-state index in [1.807, 2.05) is 55.5 Å². The lowest BCUT2D eigenvalue weighted by molar-refractivity contribution is -0.113. The van der Waals surface area contributed by atoms with Gasteiger partial charge in [0.15, 0.2) is 4.32 Å². The van der Waals surface area contributed by atoms with Crippen molar-refractivity contribution >= 4 is 57.1 Å². The van der Waals surface area contributed by atoms with Crippen LogP contribution in [0, 0.1) is 0 Å². The summed E-state index contributed by atoms with van der Waals surface area (Å²) in [6, 6.07) is 15.4. The number of nitrogens with zero attached hydrogens (tertiary/aromatic N) is 1. The molecule has 1 saturated heterocycles. The third-order valence-electron chi connectivity index (χ3n) is 3.99. The monoisotopic (exact) mass is 373 g/mol. The fraction of sp³-hybridized carbons (Fsp3) is 0.158. The number of rotatable bonds is 3. The van der Waals surface area contributed by atoms with Crippen LogP contribution in [0.15, 0.2) is 53.4 Å². The number of allylic oxidation sites excluding steroid dienone is 1. The average Bonchev–Trinajstić information content (AvgIpc) is 2.89. The molecule has 0 atom stereocenters. The molecule has 2 aromatic rings. The van der Waals surface area contributed by atoms with Crippen LogP contribution in [-0.2, 0) is 11.2 Å². The van der Waals surface area contributed by atoms with Gasteiger partial charge in [-0.15, -0.1) is 0 Å². The number of halogens is 1. The molecule has 5 heteroatoms. The first-order valence-electron chi connectivity index (χ1n) is 7.63. The minimum Gasteiger partial charge on any atom is -0.268 e. The van der Waals surface area contributed by atoms with E-state index < -0.39 is 0 Å². The largest absolute Gasteiger partial charge is 0.271 e. The van der Waals surface area contributed by atoms with Crippen LogP contribution in [0.25, 0.3) is 5.57 Å². The number of carbonyl (C=O) groups excluding carboxylic acids is 1. The first-order valence-corrected chi connectivity index (χ1v) is 9.23. The van der Waals surface area contributed by atoms with E-state index in [2.05, 4.69) is 6.92 Å². The van der Waals surface area contributed by atoms with E-state index in [-0.39, 0.29) is 5.91 Å². The highest BCUT2D eigenvalue weighted by molar-refractivity contribution is 8.27. The van der Waals surface area contributed by atoms with Crippen molar-refractivity contribution in [3.8, 4) is 0 Å². The van der Waals surface area contributed by atoms with Crippen LogP contribution < -0.4 is 4.90 Å². The Hall–Kier alpha value is -1.62. The third-order valence-corrected chi connectivity index (χ3v) is 5.72. The number of thiocarbonyl (C=S) groups is 1. The predicted molar refractivity (Wildman–Crippen MR) is 108 cm³/mol. The molecule has 1 aliphatic rings. The van der Waals surface area contributed by atoms with Crippen molar-refractivity contribution in [2.75, 3.05) is 4.90 Å². The minimum atomic E-state index is -0.0679. The van der Waals surface area contributed by atoms with Crippen LogP contribution in [0.5, 0.6) is 0 Å². The van der Waals surface area contributed by atoms with E-state index in [1.54, 1.807) is 4.90 Å². The first kappa shape index (κ1) is 17.2. The van der Waals surface area contributed by atoms with Gasteiger partial charge in [0.1, 0.15) is 0 Å². The van der Waals surface area contributed by atoms with Crippen LogP contribution >= 0.6 is 35.6 Å². The molecule has 0 aromatic heterocycles. The van der Waals surface area contributed by atoms with E-state index in [9.17, 15) is 4.79 Å². The second kappa shape index (κ2) is 7.09. The van der Waals surface area contributed by atoms with Crippen LogP contribution in [-0.4, -0.2) is 10.2 Å². The Morgan fingerprint density at radius 3 is 2.33 bits per heavy atom. The Kier molecular flexibility index (Phi) is 5.09. The highest BCUT2D eigenvalue weighted by atomic mass is 35.5. The standard InChI is InChI=1S/C19H16ClNOS2/c1-3-13-4-10-16(11-5-13)21-18(22)17(24-19(21)23)12(2)14-6-8-15(20)9-7-14/h4-11H,3H2,1-2H3/b17-12-. The van der Waals surface area contributed by atoms with Crippen molar-refractivity contribution < 1.29 is 4.79 Å². The Labute approximate surface area is 156 Å². The number of thioether (sulfide) groups is 1. The summed E-state index contributed by atoms with van der Waals surface area (Å²) >= 11 is 12.7. The summed E-state index contributed by atoms with van der Waals surface area (Å²) in [5.74, 6) is -0.0679. The molecule has 2 aromatic carbocycles. The van der Waals surface area contributed by atoms with E-state index in [0.717, 1.165) is 23.2 Å². The molecule has 0 aliphatic carbocycles. The summed E-state index contributed by atoms with van der Waals surface area (Å²) < 4.78 is 0.563. The van der Waals surface area contributed by atoms with E-state index in [0.29, 0.717) is 14.2 Å². The normalized spacial score (nSPS) is 16.7. The van der Waals surface area contributed by atoms with Gasteiger partial charge in [0.25, 0.3) is 5.91 Å². The van der Waals surface area contributed by atoms with Crippen molar-refractivity contribution in [2.24, 2.45) is 0 Å². The predicted octanol–water partition coefficient (Wildman–Crippen LogP) is 5.70. The SMILES string of the molecule is CCc1ccc(N2C(=O)/C(=C(\C)c3ccc(Cl)cc3)SC2=S)cc1. The zero-order valence-corrected chi connectivity index (χ0v) is 15.8. The van der Waals surface area contributed by atoms with Crippen molar-refractivity contribution in [1.29, 1.82) is 0 Å². The van der Waals surface area contributed by atoms with Crippen molar-refractivity contribution in [2.45, 2.75) is 20.3 Å². The molecule has 0 saturated carbocycles. The number of benzene rings is 2. The van der Waals surface area contributed by atoms with Gasteiger partial charge in [0.05, 0.1) is 10.6 Å². The lowest BCUT2D eigenvalue weighted by atomic mass is 10.1. The maximum atomic E-state index is 12.9. The summed E-state index contributed by atoms with van der Waals surface area (Å²) in [5.41, 5.74) is 3.93. The highest BCUT2D eigenvalue weighted by Gasteiger charge is 2.34. The molecular weight excluding hydrogens is 358 g/mol. The summed E-state index contributed by atoms with van der Waals surface area (Å²) in [6.07, 6.45) is 0.967. The zero-order chi connectivity index (χ0) is 17.3. The highest BCUT2D eigenvalue weighted by Crippen LogP contribution is 2.39. The molecule has 0 radical (unpaired) electrons. The molecule has 1 fully saturated rings. The molecule has 0 unspecified atom stereocenters. The lowest BCUT2D eigenvalue weighted by Crippen LogP contribution is -2.27. The molecule has 1 amide bonds. The van der Waals surface area contributed by atoms with E-state index in [4.69, 9.17) is 23.8 Å². The van der Waals surface area contributed by atoms with Gasteiger partial charge in [-0.3, -0.25) is 9.69 Å². The third kappa shape index (κ3) is 3.27. The Bertz CT molecular complexity index is 825. The number of aryl methyl sites for hydroxylation is 1. The van der Waals surface area contributed by atoms with Crippen molar-refractivity contribution in [1.82, 2.24) is 0 Å². The maximum absolute atomic E-state index is 12.9. The Balaban J connectivity index is 1.95. The number of amides is 1. The van der Waals surface area contributed by atoms with Crippen LogP contribution in [0.2, 0.25) is 5.02 Å². The maximum Gasteiger partial charge on any atom is 0.271 e. The molecule has 0 spiro atoms. The van der Waals surface area contributed by atoms with Gasteiger partial charge < -0.3 is 0 Å². The lowest BCUT2D eigenvalue weighted by Gasteiger charge is -2.15. The Morgan fingerprint density at radius 2 is 1.75 bits per heavy atom. The minimum absolute atomic E-state index is 0.0679. The quantitative estimate of drug-likeness (QED) is 0.508. The molecule has 24 heavy (non-hydrogen) atoms. The van der Waals surface area contributed by atoms with Crippen LogP contribution in [0.3, 0.4) is 0 Å².